The number of aromatic nitrogens is 3. The number of nitrogens with one attached hydrogen (secondary N) is 1. The highest BCUT2D eigenvalue weighted by Gasteiger charge is 2.06. The fourth-order valence-corrected chi connectivity index (χ4v) is 1.88. The molecule has 0 radical (unpaired) electrons. The molecule has 6 nitrogen and oxygen atoms in total. The third kappa shape index (κ3) is 3.11. The predicted molar refractivity (Wildman–Crippen MR) is 81.4 cm³/mol. The zero-order chi connectivity index (χ0) is 14.7. The average molecular weight is 281 g/mol. The van der Waals surface area contributed by atoms with E-state index in [9.17, 15) is 0 Å². The molecule has 5 N–H and O–H groups in total. The monoisotopic (exact) mass is 281 g/mol. The Bertz CT molecular complexity index is 736. The third-order valence-electron chi connectivity index (χ3n) is 2.93. The van der Waals surface area contributed by atoms with Crippen molar-refractivity contribution in [3.05, 3.63) is 54.4 Å². The van der Waals surface area contributed by atoms with Crippen LogP contribution in [0.1, 0.15) is 5.82 Å². The van der Waals surface area contributed by atoms with Gasteiger partial charge in [-0.1, -0.05) is 12.1 Å². The van der Waals surface area contributed by atoms with Gasteiger partial charge in [-0.05, 0) is 36.4 Å². The third-order valence-corrected chi connectivity index (χ3v) is 2.93. The maximum Gasteiger partial charge on any atom is 0.181 e. The predicted octanol–water partition coefficient (Wildman–Crippen LogP) is 2.22. The molecule has 2 aromatic carbocycles. The van der Waals surface area contributed by atoms with Crippen LogP contribution in [0.3, 0.4) is 0 Å². The highest BCUT2D eigenvalue weighted by atomic mass is 16.5. The van der Waals surface area contributed by atoms with Gasteiger partial charge in [0.15, 0.2) is 11.6 Å². The van der Waals surface area contributed by atoms with Crippen molar-refractivity contribution in [2.75, 3.05) is 11.5 Å². The Balaban J connectivity index is 1.69. The molecule has 0 atom stereocenters. The Morgan fingerprint density at radius 2 is 1.81 bits per heavy atom. The summed E-state index contributed by atoms with van der Waals surface area (Å²) in [6.07, 6.45) is 0. The Morgan fingerprint density at radius 1 is 1.00 bits per heavy atom. The first kappa shape index (κ1) is 13.0. The molecule has 3 rings (SSSR count). The molecule has 6 heteroatoms. The van der Waals surface area contributed by atoms with E-state index in [1.165, 1.54) is 0 Å². The molecule has 0 amide bonds. The quantitative estimate of drug-likeness (QED) is 0.636. The smallest absolute Gasteiger partial charge is 0.181 e. The van der Waals surface area contributed by atoms with Crippen molar-refractivity contribution in [1.29, 1.82) is 0 Å². The molecule has 21 heavy (non-hydrogen) atoms. The summed E-state index contributed by atoms with van der Waals surface area (Å²) < 4.78 is 5.61. The van der Waals surface area contributed by atoms with Gasteiger partial charge in [-0.2, -0.15) is 5.10 Å². The summed E-state index contributed by atoms with van der Waals surface area (Å²) in [6.45, 7) is 0.305. The van der Waals surface area contributed by atoms with Crippen molar-refractivity contribution in [2.24, 2.45) is 0 Å². The number of nitrogen functional groups attached to an aromatic ring is 2. The van der Waals surface area contributed by atoms with Gasteiger partial charge >= 0.3 is 0 Å². The van der Waals surface area contributed by atoms with E-state index in [-0.39, 0.29) is 0 Å². The van der Waals surface area contributed by atoms with E-state index in [2.05, 4.69) is 15.2 Å². The van der Waals surface area contributed by atoms with Crippen LogP contribution in [-0.4, -0.2) is 15.2 Å². The zero-order valence-corrected chi connectivity index (χ0v) is 11.3. The van der Waals surface area contributed by atoms with Crippen LogP contribution in [0.25, 0.3) is 11.4 Å². The molecule has 0 fully saturated rings. The van der Waals surface area contributed by atoms with Gasteiger partial charge in [0.2, 0.25) is 0 Å². The first-order valence-corrected chi connectivity index (χ1v) is 6.46. The second-order valence-corrected chi connectivity index (χ2v) is 4.59. The van der Waals surface area contributed by atoms with Crippen molar-refractivity contribution < 1.29 is 4.74 Å². The minimum atomic E-state index is 0.305. The van der Waals surface area contributed by atoms with Gasteiger partial charge in [0.1, 0.15) is 12.4 Å². The number of ether oxygens (including phenoxy) is 1. The SMILES string of the molecule is Nc1ccc(OCc2nc(-c3cccc(N)c3)n[nH]2)cc1. The molecule has 0 spiro atoms. The molecular weight excluding hydrogens is 266 g/mol. The molecule has 1 heterocycles. The van der Waals surface area contributed by atoms with Crippen molar-refractivity contribution in [3.63, 3.8) is 0 Å². The lowest BCUT2D eigenvalue weighted by Crippen LogP contribution is -1.97. The van der Waals surface area contributed by atoms with Crippen molar-refractivity contribution in [1.82, 2.24) is 15.2 Å². The average Bonchev–Trinajstić information content (AvgIpc) is 2.96. The number of nitrogens with zero attached hydrogens (tertiary/aromatic N) is 2. The summed E-state index contributed by atoms with van der Waals surface area (Å²) in [5, 5.41) is 7.02. The summed E-state index contributed by atoms with van der Waals surface area (Å²) >= 11 is 0. The van der Waals surface area contributed by atoms with Crippen molar-refractivity contribution in [2.45, 2.75) is 6.61 Å². The molecule has 0 saturated heterocycles. The fourth-order valence-electron chi connectivity index (χ4n) is 1.88. The molecule has 0 unspecified atom stereocenters. The van der Waals surface area contributed by atoms with Crippen LogP contribution in [0.4, 0.5) is 11.4 Å². The lowest BCUT2D eigenvalue weighted by atomic mass is 10.2. The molecule has 0 aliphatic heterocycles. The Labute approximate surface area is 121 Å². The van der Waals surface area contributed by atoms with E-state index < -0.39 is 0 Å². The zero-order valence-electron chi connectivity index (χ0n) is 11.3. The lowest BCUT2D eigenvalue weighted by Gasteiger charge is -2.03. The van der Waals surface area contributed by atoms with E-state index in [4.69, 9.17) is 16.2 Å². The summed E-state index contributed by atoms with van der Waals surface area (Å²) in [6, 6.07) is 14.6. The molecule has 3 aromatic rings. The summed E-state index contributed by atoms with van der Waals surface area (Å²) in [7, 11) is 0. The summed E-state index contributed by atoms with van der Waals surface area (Å²) in [4.78, 5) is 4.38. The highest BCUT2D eigenvalue weighted by Crippen LogP contribution is 2.18. The number of H-pyrrole nitrogens is 1. The molecule has 0 bridgehead atoms. The molecule has 0 aliphatic rings. The number of aromatic amines is 1. The van der Waals surface area contributed by atoms with Gasteiger partial charge in [0, 0.05) is 16.9 Å². The number of benzene rings is 2. The van der Waals surface area contributed by atoms with Gasteiger partial charge < -0.3 is 16.2 Å². The van der Waals surface area contributed by atoms with Crippen LogP contribution < -0.4 is 16.2 Å². The number of anilines is 2. The lowest BCUT2D eigenvalue weighted by molar-refractivity contribution is 0.296. The van der Waals surface area contributed by atoms with E-state index in [0.29, 0.717) is 29.6 Å². The second-order valence-electron chi connectivity index (χ2n) is 4.59. The number of hydrogen-bond acceptors (Lipinski definition) is 5. The first-order chi connectivity index (χ1) is 10.2. The molecule has 0 aliphatic carbocycles. The first-order valence-electron chi connectivity index (χ1n) is 6.46. The second kappa shape index (κ2) is 5.54. The van der Waals surface area contributed by atoms with Crippen molar-refractivity contribution in [3.8, 4) is 17.1 Å². The number of nitrogens with two attached hydrogens (primary N) is 2. The largest absolute Gasteiger partial charge is 0.486 e. The molecule has 0 saturated carbocycles. The van der Waals surface area contributed by atoms with Crippen LogP contribution in [0.2, 0.25) is 0 Å². The highest BCUT2D eigenvalue weighted by molar-refractivity contribution is 5.60. The number of rotatable bonds is 4. The van der Waals surface area contributed by atoms with Gasteiger partial charge in [-0.25, -0.2) is 4.98 Å². The van der Waals surface area contributed by atoms with E-state index >= 15 is 0 Å². The number of hydrogen-bond donors (Lipinski definition) is 3. The molecular formula is C15H15N5O. The van der Waals surface area contributed by atoms with Gasteiger partial charge in [-0.3, -0.25) is 5.10 Å². The van der Waals surface area contributed by atoms with Gasteiger partial charge in [0.25, 0.3) is 0 Å². The summed E-state index contributed by atoms with van der Waals surface area (Å²) in [5.41, 5.74) is 13.6. The van der Waals surface area contributed by atoms with E-state index in [0.717, 1.165) is 11.3 Å². The van der Waals surface area contributed by atoms with Gasteiger partial charge in [-0.15, -0.1) is 0 Å². The normalized spacial score (nSPS) is 10.5. The van der Waals surface area contributed by atoms with Gasteiger partial charge in [0.05, 0.1) is 0 Å². The minimum absolute atomic E-state index is 0.305. The standard InChI is InChI=1S/C15H15N5O/c16-11-4-6-13(7-5-11)21-9-14-18-15(20-19-14)10-2-1-3-12(17)8-10/h1-8H,9,16-17H2,(H,18,19,20). The van der Waals surface area contributed by atoms with Crippen molar-refractivity contribution >= 4 is 11.4 Å². The summed E-state index contributed by atoms with van der Waals surface area (Å²) in [5.74, 6) is 1.97. The fraction of sp³-hybridized carbons (Fsp3) is 0.0667. The van der Waals surface area contributed by atoms with Crippen LogP contribution in [0.5, 0.6) is 5.75 Å². The Morgan fingerprint density at radius 3 is 2.57 bits per heavy atom. The molecule has 1 aromatic heterocycles. The van der Waals surface area contributed by atoms with Crippen LogP contribution in [0, 0.1) is 0 Å². The van der Waals surface area contributed by atoms with E-state index in [1.807, 2.05) is 36.4 Å². The maximum absolute atomic E-state index is 5.75. The van der Waals surface area contributed by atoms with Crippen LogP contribution in [0.15, 0.2) is 48.5 Å². The van der Waals surface area contributed by atoms with E-state index in [1.54, 1.807) is 12.1 Å². The topological polar surface area (TPSA) is 103 Å². The Kier molecular flexibility index (Phi) is 3.42. The Hall–Kier alpha value is -3.02. The van der Waals surface area contributed by atoms with Crippen LogP contribution in [-0.2, 0) is 6.61 Å². The molecule has 106 valence electrons. The van der Waals surface area contributed by atoms with Crippen LogP contribution >= 0.6 is 0 Å². The maximum atomic E-state index is 5.75. The minimum Gasteiger partial charge on any atom is -0.486 e.